The number of aliphatic hydroxyl groups is 1. The van der Waals surface area contributed by atoms with Gasteiger partial charge in [0.15, 0.2) is 0 Å². The highest BCUT2D eigenvalue weighted by atomic mass is 16.5. The molecule has 0 fully saturated rings. The second kappa shape index (κ2) is 4.37. The van der Waals surface area contributed by atoms with Crippen molar-refractivity contribution in [2.75, 3.05) is 19.0 Å². The summed E-state index contributed by atoms with van der Waals surface area (Å²) in [5.74, 6) is -0.0334. The van der Waals surface area contributed by atoms with Crippen molar-refractivity contribution in [1.29, 1.82) is 0 Å². The van der Waals surface area contributed by atoms with Gasteiger partial charge in [-0.3, -0.25) is 4.79 Å². The van der Waals surface area contributed by atoms with E-state index in [1.54, 1.807) is 7.11 Å². The van der Waals surface area contributed by atoms with E-state index in [-0.39, 0.29) is 12.5 Å². The van der Waals surface area contributed by atoms with Gasteiger partial charge in [0.25, 0.3) is 0 Å². The Labute approximate surface area is 107 Å². The van der Waals surface area contributed by atoms with Gasteiger partial charge in [-0.1, -0.05) is 17.7 Å². The molecule has 98 valence electrons. The first-order chi connectivity index (χ1) is 8.37. The Morgan fingerprint density at radius 2 is 2.11 bits per heavy atom. The lowest BCUT2D eigenvalue weighted by Crippen LogP contribution is -2.26. The van der Waals surface area contributed by atoms with Crippen LogP contribution in [0, 0.1) is 6.92 Å². The maximum Gasteiger partial charge on any atom is 0.234 e. The van der Waals surface area contributed by atoms with Crippen molar-refractivity contribution in [3.05, 3.63) is 28.8 Å². The summed E-state index contributed by atoms with van der Waals surface area (Å²) in [7, 11) is 1.54. The van der Waals surface area contributed by atoms with E-state index in [0.717, 1.165) is 22.4 Å². The van der Waals surface area contributed by atoms with Crippen molar-refractivity contribution in [2.24, 2.45) is 0 Å². The first-order valence-electron chi connectivity index (χ1n) is 6.01. The molecule has 4 nitrogen and oxygen atoms in total. The number of ether oxygens (including phenoxy) is 1. The molecule has 0 aromatic heterocycles. The van der Waals surface area contributed by atoms with Gasteiger partial charge in [-0.15, -0.1) is 0 Å². The van der Waals surface area contributed by atoms with Crippen LogP contribution < -0.4 is 5.32 Å². The molecule has 1 aliphatic heterocycles. The van der Waals surface area contributed by atoms with Gasteiger partial charge < -0.3 is 15.2 Å². The summed E-state index contributed by atoms with van der Waals surface area (Å²) in [6, 6.07) is 3.89. The second-order valence-corrected chi connectivity index (χ2v) is 5.33. The molecular weight excluding hydrogens is 230 g/mol. The van der Waals surface area contributed by atoms with Gasteiger partial charge in [-0.05, 0) is 26.3 Å². The van der Waals surface area contributed by atoms with E-state index in [9.17, 15) is 9.90 Å². The van der Waals surface area contributed by atoms with Gasteiger partial charge in [-0.2, -0.15) is 0 Å². The lowest BCUT2D eigenvalue weighted by atomic mass is 9.84. The van der Waals surface area contributed by atoms with Crippen LogP contribution in [0.2, 0.25) is 0 Å². The molecule has 18 heavy (non-hydrogen) atoms. The fraction of sp³-hybridized carbons (Fsp3) is 0.500. The summed E-state index contributed by atoms with van der Waals surface area (Å²) < 4.78 is 4.97. The largest absolute Gasteiger partial charge is 0.386 e. The number of rotatable bonds is 3. The number of hydrogen-bond donors (Lipinski definition) is 2. The third-order valence-corrected chi connectivity index (χ3v) is 3.48. The predicted molar refractivity (Wildman–Crippen MR) is 69.7 cm³/mol. The zero-order valence-corrected chi connectivity index (χ0v) is 11.2. The zero-order chi connectivity index (χ0) is 13.5. The Morgan fingerprint density at radius 1 is 1.44 bits per heavy atom. The number of amides is 1. The molecular formula is C14H19NO3. The van der Waals surface area contributed by atoms with Crippen molar-refractivity contribution < 1.29 is 14.6 Å². The molecule has 2 rings (SSSR count). The summed E-state index contributed by atoms with van der Waals surface area (Å²) in [4.78, 5) is 12.0. The van der Waals surface area contributed by atoms with Gasteiger partial charge in [0.2, 0.25) is 5.91 Å². The normalized spacial score (nSPS) is 18.4. The number of hydrogen-bond acceptors (Lipinski definition) is 3. The molecule has 1 heterocycles. The number of nitrogens with one attached hydrogen (secondary N) is 1. The molecule has 1 amide bonds. The number of anilines is 1. The molecule has 0 aliphatic carbocycles. The van der Waals surface area contributed by atoms with Gasteiger partial charge >= 0.3 is 0 Å². The SMILES string of the molecule is COCC(O)c1cc(C)cc2c1NC(=O)C2(C)C. The zero-order valence-electron chi connectivity index (χ0n) is 11.2. The number of carbonyl (C=O) groups is 1. The Balaban J connectivity index is 2.56. The van der Waals surface area contributed by atoms with Gasteiger partial charge in [0, 0.05) is 12.7 Å². The number of carbonyl (C=O) groups excluding carboxylic acids is 1. The van der Waals surface area contributed by atoms with Crippen molar-refractivity contribution in [2.45, 2.75) is 32.3 Å². The maximum absolute atomic E-state index is 12.0. The van der Waals surface area contributed by atoms with E-state index in [1.807, 2.05) is 32.9 Å². The minimum absolute atomic E-state index is 0.0334. The van der Waals surface area contributed by atoms with Gasteiger partial charge in [-0.25, -0.2) is 0 Å². The van der Waals surface area contributed by atoms with Crippen molar-refractivity contribution in [3.63, 3.8) is 0 Å². The monoisotopic (exact) mass is 249 g/mol. The third kappa shape index (κ3) is 1.91. The van der Waals surface area contributed by atoms with Crippen LogP contribution in [0.1, 0.15) is 36.6 Å². The standard InChI is InChI=1S/C14H19NO3/c1-8-5-9(11(16)7-18-4)12-10(6-8)14(2,3)13(17)15-12/h5-6,11,16H,7H2,1-4H3,(H,15,17). The Morgan fingerprint density at radius 3 is 2.72 bits per heavy atom. The van der Waals surface area contributed by atoms with E-state index < -0.39 is 11.5 Å². The first kappa shape index (κ1) is 13.1. The van der Waals surface area contributed by atoms with Crippen LogP contribution in [0.25, 0.3) is 0 Å². The summed E-state index contributed by atoms with van der Waals surface area (Å²) in [6.45, 7) is 5.95. The molecule has 1 aromatic carbocycles. The molecule has 1 unspecified atom stereocenters. The molecule has 2 N–H and O–H groups in total. The van der Waals surface area contributed by atoms with E-state index in [1.165, 1.54) is 0 Å². The van der Waals surface area contributed by atoms with Crippen molar-refractivity contribution in [3.8, 4) is 0 Å². The number of fused-ring (bicyclic) bond motifs is 1. The van der Waals surface area contributed by atoms with E-state index >= 15 is 0 Å². The minimum Gasteiger partial charge on any atom is -0.386 e. The third-order valence-electron chi connectivity index (χ3n) is 3.48. The van der Waals surface area contributed by atoms with Crippen molar-refractivity contribution in [1.82, 2.24) is 0 Å². The number of benzene rings is 1. The Kier molecular flexibility index (Phi) is 3.17. The summed E-state index contributed by atoms with van der Waals surface area (Å²) in [6.07, 6.45) is -0.724. The highest BCUT2D eigenvalue weighted by Gasteiger charge is 2.40. The Bertz CT molecular complexity index is 494. The maximum atomic E-state index is 12.0. The van der Waals surface area contributed by atoms with Crippen LogP contribution in [0.15, 0.2) is 12.1 Å². The minimum atomic E-state index is -0.724. The molecule has 1 atom stereocenters. The summed E-state index contributed by atoms with van der Waals surface area (Å²) >= 11 is 0. The molecule has 0 radical (unpaired) electrons. The number of aliphatic hydroxyl groups excluding tert-OH is 1. The van der Waals surface area contributed by atoms with Crippen LogP contribution in [0.3, 0.4) is 0 Å². The van der Waals surface area contributed by atoms with E-state index in [4.69, 9.17) is 4.74 Å². The molecule has 0 spiro atoms. The second-order valence-electron chi connectivity index (χ2n) is 5.33. The molecule has 0 saturated carbocycles. The van der Waals surface area contributed by atoms with Crippen LogP contribution in [-0.2, 0) is 14.9 Å². The van der Waals surface area contributed by atoms with Gasteiger partial charge in [0.1, 0.15) is 6.10 Å². The van der Waals surface area contributed by atoms with E-state index in [2.05, 4.69) is 5.32 Å². The fourth-order valence-corrected chi connectivity index (χ4v) is 2.35. The lowest BCUT2D eigenvalue weighted by molar-refractivity contribution is -0.119. The fourth-order valence-electron chi connectivity index (χ4n) is 2.35. The van der Waals surface area contributed by atoms with Gasteiger partial charge in [0.05, 0.1) is 17.7 Å². The van der Waals surface area contributed by atoms with E-state index in [0.29, 0.717) is 0 Å². The average molecular weight is 249 g/mol. The smallest absolute Gasteiger partial charge is 0.234 e. The predicted octanol–water partition coefficient (Wildman–Crippen LogP) is 1.90. The molecule has 0 saturated heterocycles. The van der Waals surface area contributed by atoms with Crippen molar-refractivity contribution >= 4 is 11.6 Å². The topological polar surface area (TPSA) is 58.6 Å². The van der Waals surface area contributed by atoms with Crippen LogP contribution in [0.4, 0.5) is 5.69 Å². The Hall–Kier alpha value is -1.39. The molecule has 4 heteroatoms. The van der Waals surface area contributed by atoms with Crippen LogP contribution in [0.5, 0.6) is 0 Å². The highest BCUT2D eigenvalue weighted by Crippen LogP contribution is 2.42. The molecule has 1 aromatic rings. The quantitative estimate of drug-likeness (QED) is 0.860. The van der Waals surface area contributed by atoms with Crippen LogP contribution in [-0.4, -0.2) is 24.7 Å². The van der Waals surface area contributed by atoms with Crippen LogP contribution >= 0.6 is 0 Å². The lowest BCUT2D eigenvalue weighted by Gasteiger charge is -2.18. The molecule has 0 bridgehead atoms. The number of aryl methyl sites for hydroxylation is 1. The molecule has 1 aliphatic rings. The highest BCUT2D eigenvalue weighted by molar-refractivity contribution is 6.06. The summed E-state index contributed by atoms with van der Waals surface area (Å²) in [5, 5.41) is 13.0. The number of methoxy groups -OCH3 is 1. The first-order valence-corrected chi connectivity index (χ1v) is 6.01. The summed E-state index contributed by atoms with van der Waals surface area (Å²) in [5.41, 5.74) is 2.88. The average Bonchev–Trinajstić information content (AvgIpc) is 2.51.